The van der Waals surface area contributed by atoms with Crippen LogP contribution in [0, 0.1) is 0 Å². The number of nitrogens with one attached hydrogen (secondary N) is 2. The number of nitrogens with two attached hydrogens (primary N) is 1. The lowest BCUT2D eigenvalue weighted by Gasteiger charge is -2.04. The molecule has 16 heavy (non-hydrogen) atoms. The van der Waals surface area contributed by atoms with Gasteiger partial charge >= 0.3 is 0 Å². The molecule has 4 N–H and O–H groups in total. The number of fused-ring (bicyclic) bond motifs is 1. The van der Waals surface area contributed by atoms with Crippen molar-refractivity contribution in [2.75, 3.05) is 11.9 Å². The molecule has 0 atom stereocenters. The van der Waals surface area contributed by atoms with Crippen LogP contribution in [0.25, 0.3) is 11.2 Å². The minimum atomic E-state index is -0.295. The Balaban J connectivity index is 1.98. The van der Waals surface area contributed by atoms with Gasteiger partial charge in [-0.3, -0.25) is 4.79 Å². The minimum absolute atomic E-state index is 0.295. The van der Waals surface area contributed by atoms with Crippen molar-refractivity contribution < 1.29 is 4.79 Å². The van der Waals surface area contributed by atoms with Gasteiger partial charge in [0.05, 0.1) is 6.33 Å². The van der Waals surface area contributed by atoms with Gasteiger partial charge in [-0.05, 0) is 6.42 Å². The fourth-order valence-electron chi connectivity index (χ4n) is 1.37. The molecule has 0 spiro atoms. The van der Waals surface area contributed by atoms with Gasteiger partial charge in [0.2, 0.25) is 5.91 Å². The molecule has 0 aromatic carbocycles. The van der Waals surface area contributed by atoms with Crippen molar-refractivity contribution in [3.8, 4) is 0 Å². The molecule has 84 valence electrons. The van der Waals surface area contributed by atoms with Crippen molar-refractivity contribution in [2.45, 2.75) is 12.8 Å². The summed E-state index contributed by atoms with van der Waals surface area (Å²) in [5.74, 6) is 0.392. The number of carbonyl (C=O) groups excluding carboxylic acids is 1. The Hall–Kier alpha value is -2.18. The summed E-state index contributed by atoms with van der Waals surface area (Å²) in [7, 11) is 0. The third-order valence-electron chi connectivity index (χ3n) is 2.12. The van der Waals surface area contributed by atoms with Crippen LogP contribution >= 0.6 is 0 Å². The molecule has 7 nitrogen and oxygen atoms in total. The molecule has 0 aliphatic heterocycles. The minimum Gasteiger partial charge on any atom is -0.370 e. The highest BCUT2D eigenvalue weighted by Crippen LogP contribution is 2.13. The van der Waals surface area contributed by atoms with E-state index in [4.69, 9.17) is 5.73 Å². The highest BCUT2D eigenvalue weighted by molar-refractivity contribution is 5.81. The largest absolute Gasteiger partial charge is 0.370 e. The Morgan fingerprint density at radius 3 is 3.12 bits per heavy atom. The number of H-pyrrole nitrogens is 1. The molecule has 2 aromatic rings. The summed E-state index contributed by atoms with van der Waals surface area (Å²) < 4.78 is 0. The van der Waals surface area contributed by atoms with Crippen LogP contribution < -0.4 is 11.1 Å². The second-order valence-corrected chi connectivity index (χ2v) is 3.32. The first-order valence-corrected chi connectivity index (χ1v) is 4.93. The Bertz CT molecular complexity index is 493. The Morgan fingerprint density at radius 2 is 2.31 bits per heavy atom. The van der Waals surface area contributed by atoms with E-state index < -0.39 is 0 Å². The van der Waals surface area contributed by atoms with E-state index in [1.165, 1.54) is 6.33 Å². The van der Waals surface area contributed by atoms with Crippen molar-refractivity contribution in [3.63, 3.8) is 0 Å². The van der Waals surface area contributed by atoms with Gasteiger partial charge in [-0.25, -0.2) is 15.0 Å². The Morgan fingerprint density at radius 1 is 1.44 bits per heavy atom. The zero-order valence-electron chi connectivity index (χ0n) is 8.60. The molecule has 0 saturated carbocycles. The van der Waals surface area contributed by atoms with Gasteiger partial charge in [0, 0.05) is 13.0 Å². The number of hydrogen-bond donors (Lipinski definition) is 3. The fourth-order valence-corrected chi connectivity index (χ4v) is 1.37. The maximum absolute atomic E-state index is 10.5. The molecule has 2 heterocycles. The maximum atomic E-state index is 10.5. The lowest BCUT2D eigenvalue weighted by molar-refractivity contribution is -0.118. The van der Waals surface area contributed by atoms with Gasteiger partial charge < -0.3 is 16.0 Å². The summed E-state index contributed by atoms with van der Waals surface area (Å²) in [5, 5.41) is 3.10. The van der Waals surface area contributed by atoms with E-state index in [2.05, 4.69) is 25.3 Å². The van der Waals surface area contributed by atoms with E-state index in [9.17, 15) is 4.79 Å². The second-order valence-electron chi connectivity index (χ2n) is 3.32. The van der Waals surface area contributed by atoms with Crippen molar-refractivity contribution >= 4 is 22.9 Å². The number of aromatic amines is 1. The summed E-state index contributed by atoms with van der Waals surface area (Å²) in [6.07, 6.45) is 4.05. The number of rotatable bonds is 5. The van der Waals surface area contributed by atoms with Crippen LogP contribution in [0.4, 0.5) is 5.82 Å². The zero-order valence-corrected chi connectivity index (χ0v) is 8.60. The summed E-state index contributed by atoms with van der Waals surface area (Å²) in [5.41, 5.74) is 6.42. The van der Waals surface area contributed by atoms with Crippen LogP contribution in [0.5, 0.6) is 0 Å². The van der Waals surface area contributed by atoms with E-state index in [0.29, 0.717) is 30.9 Å². The van der Waals surface area contributed by atoms with Gasteiger partial charge in [0.1, 0.15) is 11.8 Å². The van der Waals surface area contributed by atoms with E-state index in [-0.39, 0.29) is 5.91 Å². The number of imidazole rings is 1. The quantitative estimate of drug-likeness (QED) is 0.616. The molecule has 0 saturated heterocycles. The third-order valence-corrected chi connectivity index (χ3v) is 2.12. The van der Waals surface area contributed by atoms with E-state index in [1.54, 1.807) is 6.33 Å². The van der Waals surface area contributed by atoms with Crippen LogP contribution in [-0.2, 0) is 4.79 Å². The van der Waals surface area contributed by atoms with Crippen LogP contribution in [0.15, 0.2) is 12.7 Å². The number of primary amides is 1. The highest BCUT2D eigenvalue weighted by Gasteiger charge is 2.04. The first-order valence-electron chi connectivity index (χ1n) is 4.93. The monoisotopic (exact) mass is 220 g/mol. The molecule has 2 aromatic heterocycles. The van der Waals surface area contributed by atoms with E-state index >= 15 is 0 Å². The number of carbonyl (C=O) groups is 1. The Labute approximate surface area is 91.5 Å². The predicted molar refractivity (Wildman–Crippen MR) is 58.6 cm³/mol. The number of nitrogens with zero attached hydrogens (tertiary/aromatic N) is 3. The first kappa shape index (κ1) is 10.3. The standard InChI is InChI=1S/C9H12N6O/c10-6(16)2-1-3-11-8-7-9(13-4-12-7)15-5-14-8/h4-5H,1-3H2,(H2,10,16)(H2,11,12,13,14,15). The smallest absolute Gasteiger partial charge is 0.217 e. The van der Waals surface area contributed by atoms with Crippen LogP contribution in [0.1, 0.15) is 12.8 Å². The molecule has 0 aliphatic rings. The van der Waals surface area contributed by atoms with E-state index in [1.807, 2.05) is 0 Å². The molecule has 0 bridgehead atoms. The predicted octanol–water partition coefficient (Wildman–Crippen LogP) is 0.0303. The fraction of sp³-hybridized carbons (Fsp3) is 0.333. The third kappa shape index (κ3) is 2.25. The maximum Gasteiger partial charge on any atom is 0.217 e. The molecule has 0 unspecified atom stereocenters. The topological polar surface area (TPSA) is 110 Å². The SMILES string of the molecule is NC(=O)CCCNc1ncnc2nc[nH]c12. The van der Waals surface area contributed by atoms with Crippen LogP contribution in [0.2, 0.25) is 0 Å². The molecule has 0 aliphatic carbocycles. The number of amides is 1. The van der Waals surface area contributed by atoms with Gasteiger partial charge in [-0.1, -0.05) is 0 Å². The summed E-state index contributed by atoms with van der Waals surface area (Å²) in [4.78, 5) is 25.6. The lowest BCUT2D eigenvalue weighted by Crippen LogP contribution is -2.13. The van der Waals surface area contributed by atoms with E-state index in [0.717, 1.165) is 5.52 Å². The summed E-state index contributed by atoms with van der Waals surface area (Å²) >= 11 is 0. The number of hydrogen-bond acceptors (Lipinski definition) is 5. The number of anilines is 1. The Kier molecular flexibility index (Phi) is 2.95. The molecular weight excluding hydrogens is 208 g/mol. The van der Waals surface area contributed by atoms with Gasteiger partial charge in [-0.15, -0.1) is 0 Å². The molecule has 0 radical (unpaired) electrons. The molecular formula is C9H12N6O. The first-order chi connectivity index (χ1) is 7.77. The van der Waals surface area contributed by atoms with Gasteiger partial charge in [0.25, 0.3) is 0 Å². The van der Waals surface area contributed by atoms with Gasteiger partial charge in [0.15, 0.2) is 11.5 Å². The number of aromatic nitrogens is 4. The second kappa shape index (κ2) is 4.56. The zero-order chi connectivity index (χ0) is 11.4. The summed E-state index contributed by atoms with van der Waals surface area (Å²) in [6, 6.07) is 0. The van der Waals surface area contributed by atoms with Crippen LogP contribution in [0.3, 0.4) is 0 Å². The van der Waals surface area contributed by atoms with Crippen molar-refractivity contribution in [1.29, 1.82) is 0 Å². The average Bonchev–Trinajstić information content (AvgIpc) is 2.72. The molecule has 2 rings (SSSR count). The van der Waals surface area contributed by atoms with Gasteiger partial charge in [-0.2, -0.15) is 0 Å². The lowest BCUT2D eigenvalue weighted by atomic mass is 10.3. The van der Waals surface area contributed by atoms with Crippen molar-refractivity contribution in [1.82, 2.24) is 19.9 Å². The van der Waals surface area contributed by atoms with Crippen LogP contribution in [-0.4, -0.2) is 32.4 Å². The average molecular weight is 220 g/mol. The normalized spacial score (nSPS) is 10.5. The molecule has 0 fully saturated rings. The molecule has 1 amide bonds. The van der Waals surface area contributed by atoms with Crippen molar-refractivity contribution in [3.05, 3.63) is 12.7 Å². The molecule has 7 heteroatoms. The summed E-state index contributed by atoms with van der Waals surface area (Å²) in [6.45, 7) is 0.633. The highest BCUT2D eigenvalue weighted by atomic mass is 16.1. The van der Waals surface area contributed by atoms with Crippen molar-refractivity contribution in [2.24, 2.45) is 5.73 Å².